The van der Waals surface area contributed by atoms with Gasteiger partial charge in [-0.15, -0.1) is 0 Å². The van der Waals surface area contributed by atoms with Crippen molar-refractivity contribution in [3.8, 4) is 17.2 Å². The number of aromatic nitrogens is 2. The lowest BCUT2D eigenvalue weighted by molar-refractivity contribution is -0.00128. The van der Waals surface area contributed by atoms with E-state index in [-0.39, 0.29) is 18.8 Å². The van der Waals surface area contributed by atoms with Crippen molar-refractivity contribution >= 4 is 5.91 Å². The van der Waals surface area contributed by atoms with Gasteiger partial charge in [-0.2, -0.15) is 5.10 Å². The van der Waals surface area contributed by atoms with Crippen LogP contribution in [0.1, 0.15) is 40.3 Å². The summed E-state index contributed by atoms with van der Waals surface area (Å²) in [7, 11) is 0. The summed E-state index contributed by atoms with van der Waals surface area (Å²) in [4.78, 5) is 12.6. The van der Waals surface area contributed by atoms with Crippen LogP contribution in [-0.4, -0.2) is 29.1 Å². The first-order valence-corrected chi connectivity index (χ1v) is 10.3. The molecule has 1 amide bonds. The molecule has 0 fully saturated rings. The number of fused-ring (bicyclic) bond motifs is 2. The van der Waals surface area contributed by atoms with Crippen molar-refractivity contribution in [2.24, 2.45) is 0 Å². The van der Waals surface area contributed by atoms with Crippen molar-refractivity contribution in [3.63, 3.8) is 0 Å². The molecule has 1 N–H and O–H groups in total. The zero-order chi connectivity index (χ0) is 21.2. The smallest absolute Gasteiger partial charge is 0.272 e. The van der Waals surface area contributed by atoms with Gasteiger partial charge in [0.2, 0.25) is 6.79 Å². The van der Waals surface area contributed by atoms with Gasteiger partial charge in [0.1, 0.15) is 11.9 Å². The predicted molar refractivity (Wildman–Crippen MR) is 111 cm³/mol. The standard InChI is InChI=1S/C23H23N3O5/c1-2-28-18-5-3-4-15(8-18)11-24-23(27)19-10-17-13-29-22(12-26(17)25-19)16-6-7-20-21(9-16)31-14-30-20/h3-10,22H,2,11-14H2,1H3,(H,24,27)/t22-/m1/s1. The first kappa shape index (κ1) is 19.4. The lowest BCUT2D eigenvalue weighted by Gasteiger charge is -2.24. The third-order valence-corrected chi connectivity index (χ3v) is 5.30. The lowest BCUT2D eigenvalue weighted by atomic mass is 10.1. The van der Waals surface area contributed by atoms with E-state index >= 15 is 0 Å². The first-order valence-electron chi connectivity index (χ1n) is 10.3. The highest BCUT2D eigenvalue weighted by molar-refractivity contribution is 5.92. The van der Waals surface area contributed by atoms with Crippen LogP contribution in [0.5, 0.6) is 17.2 Å². The number of rotatable bonds is 6. The second kappa shape index (κ2) is 8.31. The molecular formula is C23H23N3O5. The number of carbonyl (C=O) groups excluding carboxylic acids is 1. The quantitative estimate of drug-likeness (QED) is 0.658. The molecule has 31 heavy (non-hydrogen) atoms. The summed E-state index contributed by atoms with van der Waals surface area (Å²) in [5.74, 6) is 2.03. The molecule has 0 unspecified atom stereocenters. The van der Waals surface area contributed by atoms with Gasteiger partial charge >= 0.3 is 0 Å². The van der Waals surface area contributed by atoms with E-state index in [0.29, 0.717) is 32.0 Å². The van der Waals surface area contributed by atoms with Gasteiger partial charge in [0, 0.05) is 6.54 Å². The molecule has 3 aromatic rings. The Bertz CT molecular complexity index is 1110. The monoisotopic (exact) mass is 421 g/mol. The van der Waals surface area contributed by atoms with E-state index in [0.717, 1.165) is 34.1 Å². The van der Waals surface area contributed by atoms with Crippen molar-refractivity contribution in [1.29, 1.82) is 0 Å². The van der Waals surface area contributed by atoms with Crippen LogP contribution in [0.4, 0.5) is 0 Å². The molecular weight excluding hydrogens is 398 g/mol. The minimum Gasteiger partial charge on any atom is -0.494 e. The molecule has 2 aliphatic rings. The Kier molecular flexibility index (Phi) is 5.21. The maximum absolute atomic E-state index is 12.6. The number of hydrogen-bond acceptors (Lipinski definition) is 6. The molecule has 0 saturated heterocycles. The van der Waals surface area contributed by atoms with E-state index in [2.05, 4.69) is 10.4 Å². The molecule has 8 heteroatoms. The number of carbonyl (C=O) groups is 1. The number of nitrogens with zero attached hydrogens (tertiary/aromatic N) is 2. The van der Waals surface area contributed by atoms with Crippen LogP contribution in [0.25, 0.3) is 0 Å². The molecule has 0 radical (unpaired) electrons. The number of amides is 1. The number of hydrogen-bond donors (Lipinski definition) is 1. The van der Waals surface area contributed by atoms with Crippen LogP contribution in [0.2, 0.25) is 0 Å². The molecule has 0 saturated carbocycles. The van der Waals surface area contributed by atoms with Crippen molar-refractivity contribution in [1.82, 2.24) is 15.1 Å². The fraction of sp³-hybridized carbons (Fsp3) is 0.304. The molecule has 0 aliphatic carbocycles. The predicted octanol–water partition coefficient (Wildman–Crippen LogP) is 3.21. The Labute approximate surface area is 179 Å². The molecule has 2 aromatic carbocycles. The summed E-state index contributed by atoms with van der Waals surface area (Å²) in [6.45, 7) is 4.09. The van der Waals surface area contributed by atoms with Gasteiger partial charge in [0.15, 0.2) is 17.2 Å². The summed E-state index contributed by atoms with van der Waals surface area (Å²) in [5.41, 5.74) is 3.21. The zero-order valence-corrected chi connectivity index (χ0v) is 17.2. The number of nitrogens with one attached hydrogen (secondary N) is 1. The molecule has 1 aromatic heterocycles. The third-order valence-electron chi connectivity index (χ3n) is 5.30. The Morgan fingerprint density at radius 1 is 1.19 bits per heavy atom. The summed E-state index contributed by atoms with van der Waals surface area (Å²) >= 11 is 0. The SMILES string of the molecule is CCOc1cccc(CNC(=O)c2cc3n(n2)C[C@H](c2ccc4c(c2)OCO4)OC3)c1. The molecule has 5 rings (SSSR count). The first-order chi connectivity index (χ1) is 15.2. The molecule has 3 heterocycles. The Balaban J connectivity index is 1.24. The van der Waals surface area contributed by atoms with E-state index in [1.165, 1.54) is 0 Å². The van der Waals surface area contributed by atoms with E-state index in [9.17, 15) is 4.79 Å². The fourth-order valence-electron chi connectivity index (χ4n) is 3.74. The second-order valence-corrected chi connectivity index (χ2v) is 7.38. The zero-order valence-electron chi connectivity index (χ0n) is 17.2. The van der Waals surface area contributed by atoms with Gasteiger partial charge in [0.05, 0.1) is 25.5 Å². The van der Waals surface area contributed by atoms with Crippen LogP contribution >= 0.6 is 0 Å². The van der Waals surface area contributed by atoms with Crippen molar-refractivity contribution < 1.29 is 23.7 Å². The normalized spacial score (nSPS) is 16.6. The maximum atomic E-state index is 12.6. The highest BCUT2D eigenvalue weighted by Gasteiger charge is 2.25. The summed E-state index contributed by atoms with van der Waals surface area (Å²) in [6.07, 6.45) is -0.167. The molecule has 2 aliphatic heterocycles. The van der Waals surface area contributed by atoms with Crippen molar-refractivity contribution in [2.45, 2.75) is 32.7 Å². The van der Waals surface area contributed by atoms with Crippen LogP contribution in [0, 0.1) is 0 Å². The summed E-state index contributed by atoms with van der Waals surface area (Å²) in [5, 5.41) is 7.43. The Hall–Kier alpha value is -3.52. The average Bonchev–Trinajstić information content (AvgIpc) is 3.43. The van der Waals surface area contributed by atoms with E-state index in [1.807, 2.05) is 54.1 Å². The minimum absolute atomic E-state index is 0.167. The maximum Gasteiger partial charge on any atom is 0.272 e. The topological polar surface area (TPSA) is 83.8 Å². The second-order valence-electron chi connectivity index (χ2n) is 7.38. The average molecular weight is 421 g/mol. The van der Waals surface area contributed by atoms with Gasteiger partial charge in [0.25, 0.3) is 5.91 Å². The lowest BCUT2D eigenvalue weighted by Crippen LogP contribution is -2.24. The van der Waals surface area contributed by atoms with E-state index in [4.69, 9.17) is 18.9 Å². The highest BCUT2D eigenvalue weighted by Crippen LogP contribution is 2.36. The Morgan fingerprint density at radius 3 is 3.00 bits per heavy atom. The van der Waals surface area contributed by atoms with Crippen molar-refractivity contribution in [2.75, 3.05) is 13.4 Å². The van der Waals surface area contributed by atoms with Gasteiger partial charge < -0.3 is 24.3 Å². The largest absolute Gasteiger partial charge is 0.494 e. The summed E-state index contributed by atoms with van der Waals surface area (Å²) in [6, 6.07) is 15.3. The molecule has 0 bridgehead atoms. The van der Waals surface area contributed by atoms with Gasteiger partial charge in [-0.05, 0) is 48.4 Å². The number of ether oxygens (including phenoxy) is 4. The fourth-order valence-corrected chi connectivity index (χ4v) is 3.74. The van der Waals surface area contributed by atoms with Crippen LogP contribution < -0.4 is 19.5 Å². The van der Waals surface area contributed by atoms with Crippen molar-refractivity contribution in [3.05, 3.63) is 71.0 Å². The van der Waals surface area contributed by atoms with Gasteiger partial charge in [-0.3, -0.25) is 9.48 Å². The molecule has 160 valence electrons. The van der Waals surface area contributed by atoms with Crippen LogP contribution in [0.3, 0.4) is 0 Å². The molecule has 1 atom stereocenters. The summed E-state index contributed by atoms with van der Waals surface area (Å²) < 4.78 is 24.2. The number of benzene rings is 2. The van der Waals surface area contributed by atoms with Crippen LogP contribution in [-0.2, 0) is 24.4 Å². The van der Waals surface area contributed by atoms with Crippen LogP contribution in [0.15, 0.2) is 48.5 Å². The van der Waals surface area contributed by atoms with E-state index in [1.54, 1.807) is 6.07 Å². The molecule has 8 nitrogen and oxygen atoms in total. The third kappa shape index (κ3) is 4.06. The van der Waals surface area contributed by atoms with Gasteiger partial charge in [-0.1, -0.05) is 18.2 Å². The van der Waals surface area contributed by atoms with Gasteiger partial charge in [-0.25, -0.2) is 0 Å². The molecule has 0 spiro atoms. The van der Waals surface area contributed by atoms with E-state index < -0.39 is 0 Å². The minimum atomic E-state index is -0.219. The highest BCUT2D eigenvalue weighted by atomic mass is 16.7. The Morgan fingerprint density at radius 2 is 2.10 bits per heavy atom.